The van der Waals surface area contributed by atoms with E-state index in [2.05, 4.69) is 74.4 Å². The molecule has 6 heterocycles. The number of rotatable bonds is 9. The molecule has 0 saturated carbocycles. The summed E-state index contributed by atoms with van der Waals surface area (Å²) in [6.07, 6.45) is 11.6. The second-order valence-electron chi connectivity index (χ2n) is 14.9. The number of hydrogen-bond donors (Lipinski definition) is 0. The highest BCUT2D eigenvalue weighted by atomic mass is 16.2. The second-order valence-corrected chi connectivity index (χ2v) is 14.9. The Kier molecular flexibility index (Phi) is 11.4. The molecule has 14 nitrogen and oxygen atoms in total. The van der Waals surface area contributed by atoms with E-state index in [1.54, 1.807) is 26.7 Å². The molecule has 0 spiro atoms. The van der Waals surface area contributed by atoms with Crippen molar-refractivity contribution in [3.8, 4) is 0 Å². The summed E-state index contributed by atoms with van der Waals surface area (Å²) >= 11 is 0. The number of benzene rings is 2. The van der Waals surface area contributed by atoms with Crippen LogP contribution >= 0.6 is 0 Å². The van der Waals surface area contributed by atoms with Gasteiger partial charge in [0, 0.05) is 66.5 Å². The highest BCUT2D eigenvalue weighted by molar-refractivity contribution is 5.70. The Hall–Kier alpha value is -5.34. The molecule has 14 heteroatoms. The lowest BCUT2D eigenvalue weighted by Crippen LogP contribution is -2.38. The summed E-state index contributed by atoms with van der Waals surface area (Å²) in [4.78, 5) is 63.0. The van der Waals surface area contributed by atoms with Crippen molar-refractivity contribution in [2.24, 2.45) is 28.2 Å². The Bertz CT molecular complexity index is 2490. The van der Waals surface area contributed by atoms with Crippen LogP contribution in [-0.4, -0.2) is 73.3 Å². The fourth-order valence-corrected chi connectivity index (χ4v) is 8.44. The van der Waals surface area contributed by atoms with Crippen LogP contribution in [0.1, 0.15) is 68.2 Å². The van der Waals surface area contributed by atoms with Crippen molar-refractivity contribution in [1.82, 2.24) is 47.2 Å². The van der Waals surface area contributed by atoms with Gasteiger partial charge < -0.3 is 9.13 Å². The minimum absolute atomic E-state index is 0.282. The number of hydrogen-bond acceptors (Lipinski definition) is 8. The molecule has 2 aliphatic rings. The Balaban J connectivity index is 0.000000169. The average Bonchev–Trinajstić information content (AvgIpc) is 3.86. The molecule has 0 amide bonds. The number of fused-ring (bicyclic) bond motifs is 2. The zero-order valence-corrected chi connectivity index (χ0v) is 32.4. The van der Waals surface area contributed by atoms with Crippen molar-refractivity contribution in [3.63, 3.8) is 0 Å². The number of aryl methyl sites for hydroxylation is 3. The third-order valence-corrected chi connectivity index (χ3v) is 11.5. The van der Waals surface area contributed by atoms with Gasteiger partial charge in [0.05, 0.1) is 12.7 Å². The highest BCUT2D eigenvalue weighted by Gasteiger charge is 2.25. The van der Waals surface area contributed by atoms with Crippen LogP contribution < -0.4 is 22.5 Å². The van der Waals surface area contributed by atoms with E-state index in [1.165, 1.54) is 66.5 Å². The van der Waals surface area contributed by atoms with Gasteiger partial charge in [-0.1, -0.05) is 73.5 Å². The monoisotopic (exact) mass is 748 g/mol. The predicted molar refractivity (Wildman–Crippen MR) is 214 cm³/mol. The van der Waals surface area contributed by atoms with Crippen LogP contribution in [0.3, 0.4) is 0 Å². The highest BCUT2D eigenvalue weighted by Crippen LogP contribution is 2.32. The Labute approximate surface area is 319 Å². The molecule has 0 bridgehead atoms. The van der Waals surface area contributed by atoms with Gasteiger partial charge in [0.2, 0.25) is 0 Å². The molecule has 0 N–H and O–H groups in total. The first-order valence-corrected chi connectivity index (χ1v) is 19.5. The lowest BCUT2D eigenvalue weighted by molar-refractivity contribution is 0.144. The lowest BCUT2D eigenvalue weighted by atomic mass is 9.95. The minimum Gasteiger partial charge on any atom is -0.325 e. The van der Waals surface area contributed by atoms with Crippen molar-refractivity contribution in [2.75, 3.05) is 26.2 Å². The molecule has 2 fully saturated rings. The van der Waals surface area contributed by atoms with Gasteiger partial charge in [-0.15, -0.1) is 0 Å². The summed E-state index contributed by atoms with van der Waals surface area (Å²) in [5.41, 5.74) is 3.37. The maximum Gasteiger partial charge on any atom is 0.332 e. The zero-order chi connectivity index (χ0) is 38.6. The number of nitrogens with zero attached hydrogens (tertiary/aromatic N) is 10. The Morgan fingerprint density at radius 2 is 0.964 bits per heavy atom. The number of piperidine rings is 2. The summed E-state index contributed by atoms with van der Waals surface area (Å²) in [5.74, 6) is 0. The van der Waals surface area contributed by atoms with Crippen molar-refractivity contribution in [2.45, 2.75) is 70.1 Å². The average molecular weight is 749 g/mol. The molecule has 2 atom stereocenters. The maximum atomic E-state index is 12.6. The molecule has 2 unspecified atom stereocenters. The maximum absolute atomic E-state index is 12.6. The first-order chi connectivity index (χ1) is 26.7. The van der Waals surface area contributed by atoms with Crippen molar-refractivity contribution < 1.29 is 0 Å². The first-order valence-electron chi connectivity index (χ1n) is 19.5. The van der Waals surface area contributed by atoms with Gasteiger partial charge >= 0.3 is 11.4 Å². The van der Waals surface area contributed by atoms with Crippen LogP contribution in [0.4, 0.5) is 0 Å². The zero-order valence-electron chi connectivity index (χ0n) is 32.4. The van der Waals surface area contributed by atoms with Gasteiger partial charge in [0.1, 0.15) is 0 Å². The fourth-order valence-electron chi connectivity index (χ4n) is 8.44. The van der Waals surface area contributed by atoms with E-state index in [-0.39, 0.29) is 22.5 Å². The van der Waals surface area contributed by atoms with E-state index >= 15 is 0 Å². The van der Waals surface area contributed by atoms with Crippen LogP contribution in [0.15, 0.2) is 92.5 Å². The van der Waals surface area contributed by atoms with E-state index in [9.17, 15) is 19.2 Å². The summed E-state index contributed by atoms with van der Waals surface area (Å²) < 4.78 is 8.93. The van der Waals surface area contributed by atoms with Gasteiger partial charge in [-0.05, 0) is 56.3 Å². The van der Waals surface area contributed by atoms with Gasteiger partial charge in [0.15, 0.2) is 22.3 Å². The van der Waals surface area contributed by atoms with E-state index in [0.717, 1.165) is 48.2 Å². The largest absolute Gasteiger partial charge is 0.332 e. The topological polar surface area (TPSA) is 130 Å². The smallest absolute Gasteiger partial charge is 0.325 e. The van der Waals surface area contributed by atoms with Gasteiger partial charge in [-0.2, -0.15) is 0 Å². The second kappa shape index (κ2) is 16.6. The quantitative estimate of drug-likeness (QED) is 0.219. The molecule has 2 saturated heterocycles. The van der Waals surface area contributed by atoms with E-state index in [0.29, 0.717) is 47.5 Å². The van der Waals surface area contributed by atoms with Crippen molar-refractivity contribution in [1.29, 1.82) is 0 Å². The first kappa shape index (κ1) is 38.0. The summed E-state index contributed by atoms with van der Waals surface area (Å²) in [5, 5.41) is 0. The third kappa shape index (κ3) is 7.65. The Morgan fingerprint density at radius 1 is 0.527 bits per heavy atom. The van der Waals surface area contributed by atoms with Crippen LogP contribution in [0.5, 0.6) is 0 Å². The molecule has 6 aromatic rings. The van der Waals surface area contributed by atoms with Gasteiger partial charge in [-0.3, -0.25) is 37.7 Å². The van der Waals surface area contributed by atoms with Crippen LogP contribution in [-0.2, 0) is 41.3 Å². The molecule has 0 radical (unpaired) electrons. The van der Waals surface area contributed by atoms with Crippen molar-refractivity contribution >= 4 is 22.3 Å². The van der Waals surface area contributed by atoms with E-state index in [4.69, 9.17) is 0 Å². The fraction of sp³-hybridized carbons (Fsp3) is 0.463. The number of likely N-dealkylation sites (tertiary alicyclic amines) is 2. The van der Waals surface area contributed by atoms with Crippen LogP contribution in [0, 0.1) is 0 Å². The molecule has 2 aromatic carbocycles. The molecule has 290 valence electrons. The molecule has 55 heavy (non-hydrogen) atoms. The van der Waals surface area contributed by atoms with E-state index < -0.39 is 0 Å². The normalized spacial score (nSPS) is 18.1. The molecule has 8 rings (SSSR count). The summed E-state index contributed by atoms with van der Waals surface area (Å²) in [7, 11) is 6.33. The molecule has 0 aliphatic carbocycles. The van der Waals surface area contributed by atoms with Crippen molar-refractivity contribution in [3.05, 3.63) is 126 Å². The minimum atomic E-state index is -0.349. The molecule has 2 aliphatic heterocycles. The standard InChI is InChI=1S/C21H27N5O2.C20H25N5O2/c1-23-19-18(20(27)24(2)21(23)28)26(15-22-19)14-8-13-25-12-7-6-11-17(25)16-9-4-3-5-10-16;1-22-18-17(19(26)23(2)20(22)27)25(14-21-18)13-12-24-11-7-6-10-16(24)15-8-4-3-5-9-15/h3-5,9-10,15,17H,6-8,11-14H2,1-2H3;3-5,8-9,14,16H,6-7,10-13H2,1-2H3. The SMILES string of the molecule is Cn1c(=O)c2c(ncn2CCCN2CCCCC2c2ccccc2)n(C)c1=O.Cn1c(=O)c2c(ncn2CCN2CCCCC2c2ccccc2)n(C)c1=O. The molecule has 4 aromatic heterocycles. The predicted octanol–water partition coefficient (Wildman–Crippen LogP) is 3.71. The van der Waals surface area contributed by atoms with Gasteiger partial charge in [-0.25, -0.2) is 19.6 Å². The summed E-state index contributed by atoms with van der Waals surface area (Å²) in [6, 6.07) is 22.2. The number of aromatic nitrogens is 8. The molecular weight excluding hydrogens is 697 g/mol. The number of imidazole rings is 2. The Morgan fingerprint density at radius 3 is 1.44 bits per heavy atom. The lowest BCUT2D eigenvalue weighted by Gasteiger charge is -2.36. The van der Waals surface area contributed by atoms with Crippen LogP contribution in [0.2, 0.25) is 0 Å². The van der Waals surface area contributed by atoms with E-state index in [1.807, 2.05) is 15.2 Å². The van der Waals surface area contributed by atoms with Crippen LogP contribution in [0.25, 0.3) is 22.3 Å². The summed E-state index contributed by atoms with van der Waals surface area (Å²) in [6.45, 7) is 5.38. The van der Waals surface area contributed by atoms with Gasteiger partial charge in [0.25, 0.3) is 11.1 Å². The third-order valence-electron chi connectivity index (χ3n) is 11.5. The molecular formula is C41H52N10O4.